The molecule has 0 unspecified atom stereocenters. The van der Waals surface area contributed by atoms with Gasteiger partial charge >= 0.3 is 0 Å². The number of aryl methyl sites for hydroxylation is 2. The second kappa shape index (κ2) is 12.4. The SMILES string of the molecule is COc1cc(C)c(S(=O)(=O)N(C)CCC(=O)N(C)Cc2ccc(N(C)CCN(C)C)cc2)c(C)c1. The first-order valence-electron chi connectivity index (χ1n) is 11.7. The summed E-state index contributed by atoms with van der Waals surface area (Å²) in [4.78, 5) is 19.0. The fourth-order valence-electron chi connectivity index (χ4n) is 3.85. The summed E-state index contributed by atoms with van der Waals surface area (Å²) in [5, 5.41) is 0. The lowest BCUT2D eigenvalue weighted by Crippen LogP contribution is -2.34. The molecule has 194 valence electrons. The van der Waals surface area contributed by atoms with Gasteiger partial charge in [0.1, 0.15) is 5.75 Å². The molecule has 2 aromatic rings. The molecule has 0 aliphatic rings. The minimum Gasteiger partial charge on any atom is -0.497 e. The summed E-state index contributed by atoms with van der Waals surface area (Å²) in [6.07, 6.45) is 0.103. The van der Waals surface area contributed by atoms with Crippen LogP contribution < -0.4 is 9.64 Å². The maximum atomic E-state index is 13.2. The maximum Gasteiger partial charge on any atom is 0.243 e. The number of benzene rings is 2. The lowest BCUT2D eigenvalue weighted by atomic mass is 10.1. The van der Waals surface area contributed by atoms with Gasteiger partial charge in [-0.05, 0) is 68.9 Å². The number of rotatable bonds is 12. The van der Waals surface area contributed by atoms with E-state index in [9.17, 15) is 13.2 Å². The van der Waals surface area contributed by atoms with Crippen molar-refractivity contribution in [1.82, 2.24) is 14.1 Å². The lowest BCUT2D eigenvalue weighted by molar-refractivity contribution is -0.130. The summed E-state index contributed by atoms with van der Waals surface area (Å²) in [5.41, 5.74) is 3.39. The molecular weight excluding hydrogens is 464 g/mol. The van der Waals surface area contributed by atoms with E-state index in [0.717, 1.165) is 24.3 Å². The van der Waals surface area contributed by atoms with Gasteiger partial charge in [0.15, 0.2) is 0 Å². The standard InChI is InChI=1S/C26H40N4O4S/c1-20-17-24(34-8)18-21(2)26(20)35(32,33)30(7)14-13-25(31)29(6)19-22-9-11-23(12-10-22)28(5)16-15-27(3)4/h9-12,17-18H,13-16,19H2,1-8H3. The number of carbonyl (C=O) groups excluding carboxylic acids is 1. The van der Waals surface area contributed by atoms with Crippen molar-refractivity contribution in [1.29, 1.82) is 0 Å². The van der Waals surface area contributed by atoms with E-state index in [4.69, 9.17) is 4.74 Å². The van der Waals surface area contributed by atoms with Gasteiger partial charge in [0.2, 0.25) is 15.9 Å². The van der Waals surface area contributed by atoms with Gasteiger partial charge in [-0.2, -0.15) is 0 Å². The van der Waals surface area contributed by atoms with Crippen LogP contribution in [0.15, 0.2) is 41.3 Å². The Morgan fingerprint density at radius 3 is 1.97 bits per heavy atom. The number of amides is 1. The number of likely N-dealkylation sites (N-methyl/N-ethyl adjacent to an activating group) is 2. The van der Waals surface area contributed by atoms with Gasteiger partial charge in [0.25, 0.3) is 0 Å². The van der Waals surface area contributed by atoms with Gasteiger partial charge in [-0.25, -0.2) is 12.7 Å². The minimum atomic E-state index is -3.73. The molecule has 0 radical (unpaired) electrons. The highest BCUT2D eigenvalue weighted by Gasteiger charge is 2.26. The smallest absolute Gasteiger partial charge is 0.243 e. The third kappa shape index (κ3) is 7.68. The van der Waals surface area contributed by atoms with E-state index in [2.05, 4.69) is 43.1 Å². The molecule has 0 N–H and O–H groups in total. The van der Waals surface area contributed by atoms with Crippen LogP contribution in [0.5, 0.6) is 5.75 Å². The number of nitrogens with zero attached hydrogens (tertiary/aromatic N) is 4. The van der Waals surface area contributed by atoms with E-state index in [0.29, 0.717) is 23.4 Å². The zero-order chi connectivity index (χ0) is 26.3. The van der Waals surface area contributed by atoms with Crippen LogP contribution in [0, 0.1) is 13.8 Å². The molecule has 0 aliphatic heterocycles. The predicted octanol–water partition coefficient (Wildman–Crippen LogP) is 2.98. The third-order valence-electron chi connectivity index (χ3n) is 6.08. The molecule has 0 saturated heterocycles. The normalized spacial score (nSPS) is 11.7. The molecule has 0 saturated carbocycles. The molecule has 0 fully saturated rings. The van der Waals surface area contributed by atoms with E-state index in [-0.39, 0.29) is 23.8 Å². The van der Waals surface area contributed by atoms with Crippen LogP contribution in [-0.4, -0.2) is 90.4 Å². The molecule has 1 amide bonds. The first-order valence-corrected chi connectivity index (χ1v) is 13.1. The van der Waals surface area contributed by atoms with Gasteiger partial charge in [-0.3, -0.25) is 4.79 Å². The van der Waals surface area contributed by atoms with E-state index in [1.54, 1.807) is 45.0 Å². The summed E-state index contributed by atoms with van der Waals surface area (Å²) in [5.74, 6) is 0.508. The molecule has 8 nitrogen and oxygen atoms in total. The number of hydrogen-bond acceptors (Lipinski definition) is 6. The van der Waals surface area contributed by atoms with Gasteiger partial charge in [-0.1, -0.05) is 12.1 Å². The molecule has 0 aliphatic carbocycles. The lowest BCUT2D eigenvalue weighted by Gasteiger charge is -2.23. The first kappa shape index (κ1) is 28.6. The van der Waals surface area contributed by atoms with Crippen LogP contribution in [0.3, 0.4) is 0 Å². The molecule has 0 bridgehead atoms. The van der Waals surface area contributed by atoms with Crippen LogP contribution in [0.1, 0.15) is 23.1 Å². The van der Waals surface area contributed by atoms with Crippen LogP contribution in [0.25, 0.3) is 0 Å². The van der Waals surface area contributed by atoms with Gasteiger partial charge in [-0.15, -0.1) is 0 Å². The van der Waals surface area contributed by atoms with E-state index < -0.39 is 10.0 Å². The Labute approximate surface area is 211 Å². The van der Waals surface area contributed by atoms with Crippen molar-refractivity contribution in [3.63, 3.8) is 0 Å². The maximum absolute atomic E-state index is 13.2. The minimum absolute atomic E-state index is 0.103. The average molecular weight is 505 g/mol. The van der Waals surface area contributed by atoms with Crippen molar-refractivity contribution < 1.29 is 17.9 Å². The fourth-order valence-corrected chi connectivity index (χ4v) is 5.43. The zero-order valence-corrected chi connectivity index (χ0v) is 23.1. The number of carbonyl (C=O) groups is 1. The Balaban J connectivity index is 1.96. The Hall–Kier alpha value is -2.62. The Morgan fingerprint density at radius 1 is 0.886 bits per heavy atom. The number of hydrogen-bond donors (Lipinski definition) is 0. The van der Waals surface area contributed by atoms with Crippen molar-refractivity contribution in [3.05, 3.63) is 53.1 Å². The van der Waals surface area contributed by atoms with Gasteiger partial charge in [0, 0.05) is 59.4 Å². The molecular formula is C26H40N4O4S. The molecule has 0 heterocycles. The molecule has 0 atom stereocenters. The third-order valence-corrected chi connectivity index (χ3v) is 8.25. The van der Waals surface area contributed by atoms with E-state index in [1.807, 2.05) is 12.1 Å². The van der Waals surface area contributed by atoms with Gasteiger partial charge in [0.05, 0.1) is 12.0 Å². The summed E-state index contributed by atoms with van der Waals surface area (Å²) >= 11 is 0. The topological polar surface area (TPSA) is 73.4 Å². The Bertz CT molecular complexity index is 1080. The molecule has 35 heavy (non-hydrogen) atoms. The molecule has 0 aromatic heterocycles. The highest BCUT2D eigenvalue weighted by molar-refractivity contribution is 7.89. The van der Waals surface area contributed by atoms with E-state index in [1.165, 1.54) is 11.4 Å². The van der Waals surface area contributed by atoms with Crippen LogP contribution >= 0.6 is 0 Å². The largest absolute Gasteiger partial charge is 0.497 e. The monoisotopic (exact) mass is 504 g/mol. The van der Waals surface area contributed by atoms with Crippen LogP contribution in [0.2, 0.25) is 0 Å². The van der Waals surface area contributed by atoms with E-state index >= 15 is 0 Å². The number of anilines is 1. The number of methoxy groups -OCH3 is 1. The highest BCUT2D eigenvalue weighted by Crippen LogP contribution is 2.28. The summed E-state index contributed by atoms with van der Waals surface area (Å²) in [7, 11) is 7.25. The van der Waals surface area contributed by atoms with Crippen LogP contribution in [0.4, 0.5) is 5.69 Å². The number of sulfonamides is 1. The molecule has 0 spiro atoms. The Kier molecular flexibility index (Phi) is 10.1. The predicted molar refractivity (Wildman–Crippen MR) is 142 cm³/mol. The fraction of sp³-hybridized carbons (Fsp3) is 0.500. The number of ether oxygens (including phenoxy) is 1. The van der Waals surface area contributed by atoms with Gasteiger partial charge < -0.3 is 19.4 Å². The second-order valence-electron chi connectivity index (χ2n) is 9.31. The van der Waals surface area contributed by atoms with Crippen molar-refractivity contribution in [3.8, 4) is 5.75 Å². The first-order chi connectivity index (χ1) is 16.4. The van der Waals surface area contributed by atoms with Crippen molar-refractivity contribution in [2.75, 3.05) is 66.9 Å². The summed E-state index contributed by atoms with van der Waals surface area (Å²) in [6, 6.07) is 11.6. The molecule has 2 aromatic carbocycles. The summed E-state index contributed by atoms with van der Waals surface area (Å²) < 4.78 is 32.8. The quantitative estimate of drug-likeness (QED) is 0.443. The average Bonchev–Trinajstić information content (AvgIpc) is 2.80. The highest BCUT2D eigenvalue weighted by atomic mass is 32.2. The second-order valence-corrected chi connectivity index (χ2v) is 11.3. The van der Waals surface area contributed by atoms with Crippen molar-refractivity contribution in [2.24, 2.45) is 0 Å². The molecule has 2 rings (SSSR count). The summed E-state index contributed by atoms with van der Waals surface area (Å²) in [6.45, 7) is 5.97. The van der Waals surface area contributed by atoms with Crippen LogP contribution in [-0.2, 0) is 21.4 Å². The van der Waals surface area contributed by atoms with Crippen molar-refractivity contribution >= 4 is 21.6 Å². The molecule has 9 heteroatoms. The van der Waals surface area contributed by atoms with Crippen molar-refractivity contribution in [2.45, 2.75) is 31.7 Å². The Morgan fingerprint density at radius 2 is 1.46 bits per heavy atom. The zero-order valence-electron chi connectivity index (χ0n) is 22.3.